The van der Waals surface area contributed by atoms with E-state index in [4.69, 9.17) is 16.4 Å². The first-order chi connectivity index (χ1) is 14.0. The molecule has 0 radical (unpaired) electrons. The summed E-state index contributed by atoms with van der Waals surface area (Å²) >= 11 is 0. The largest absolute Gasteiger partial charge is 0.488 e. The van der Waals surface area contributed by atoms with Gasteiger partial charge in [-0.3, -0.25) is 4.79 Å². The number of benzene rings is 1. The number of fused-ring (bicyclic) bond motifs is 1. The summed E-state index contributed by atoms with van der Waals surface area (Å²) in [6, 6.07) is 3.94. The fourth-order valence-electron chi connectivity index (χ4n) is 2.88. The number of amides is 1. The van der Waals surface area contributed by atoms with E-state index in [-0.39, 0.29) is 34.2 Å². The minimum Gasteiger partial charge on any atom is -0.488 e. The van der Waals surface area contributed by atoms with Gasteiger partial charge in [0.1, 0.15) is 29.0 Å². The Morgan fingerprint density at radius 1 is 1.53 bits per heavy atom. The van der Waals surface area contributed by atoms with Crippen LogP contribution in [0.4, 0.5) is 10.1 Å². The van der Waals surface area contributed by atoms with Crippen molar-refractivity contribution in [3.05, 3.63) is 41.5 Å². The number of nitrogens with zero attached hydrogens (tertiary/aromatic N) is 2. The number of carbonyl (C=O) groups is 1. The number of hydrogen-bond donors (Lipinski definition) is 3. The Morgan fingerprint density at radius 2 is 2.23 bits per heavy atom. The van der Waals surface area contributed by atoms with Crippen molar-refractivity contribution in [1.82, 2.24) is 9.29 Å². The average molecular weight is 432 g/mol. The maximum atomic E-state index is 13.5. The molecule has 1 amide bonds. The third-order valence-corrected chi connectivity index (χ3v) is 6.08. The lowest BCUT2D eigenvalue weighted by atomic mass is 9.99. The van der Waals surface area contributed by atoms with E-state index in [0.29, 0.717) is 0 Å². The van der Waals surface area contributed by atoms with Crippen molar-refractivity contribution in [1.29, 1.82) is 5.26 Å². The molecule has 0 aliphatic carbocycles. The zero-order chi connectivity index (χ0) is 22.3. The number of terminal acetylenes is 1. The van der Waals surface area contributed by atoms with Crippen LogP contribution in [0.15, 0.2) is 29.3 Å². The van der Waals surface area contributed by atoms with Crippen LogP contribution in [0.2, 0.25) is 0 Å². The summed E-state index contributed by atoms with van der Waals surface area (Å²) in [5.41, 5.74) is -2.08. The monoisotopic (exact) mass is 432 g/mol. The molecule has 2 aromatic rings. The maximum absolute atomic E-state index is 13.5. The van der Waals surface area contributed by atoms with E-state index in [9.17, 15) is 22.7 Å². The van der Waals surface area contributed by atoms with Crippen molar-refractivity contribution in [3.63, 3.8) is 0 Å². The Bertz CT molecular complexity index is 1220. The quantitative estimate of drug-likeness (QED) is 0.612. The maximum Gasteiger partial charge on any atom is 0.276 e. The van der Waals surface area contributed by atoms with Gasteiger partial charge in [0.25, 0.3) is 5.91 Å². The van der Waals surface area contributed by atoms with Gasteiger partial charge in [-0.1, -0.05) is 5.92 Å². The molecule has 0 fully saturated rings. The lowest BCUT2D eigenvalue weighted by molar-refractivity contribution is 0.0640. The van der Waals surface area contributed by atoms with Crippen LogP contribution in [0.1, 0.15) is 23.0 Å². The minimum absolute atomic E-state index is 0.126. The van der Waals surface area contributed by atoms with Gasteiger partial charge in [0.15, 0.2) is 11.4 Å². The van der Waals surface area contributed by atoms with E-state index < -0.39 is 33.4 Å². The first-order valence-electron chi connectivity index (χ1n) is 8.55. The molecule has 1 aliphatic rings. The van der Waals surface area contributed by atoms with E-state index >= 15 is 0 Å². The Kier molecular flexibility index (Phi) is 5.31. The van der Waals surface area contributed by atoms with Gasteiger partial charge in [0.05, 0.1) is 11.6 Å². The Morgan fingerprint density at radius 3 is 2.87 bits per heavy atom. The van der Waals surface area contributed by atoms with Crippen molar-refractivity contribution in [2.75, 3.05) is 11.9 Å². The standard InChI is InChI=1S/C19H17FN4O5S/c1-4-19(2,26)15-10-29-17-14(30(27,28)23-15)9-24(3)16(17)18(25)22-12-5-6-13(20)11(7-12)8-21/h1,5-7,9,15,23,26H,10H2,2-3H3,(H,22,25)/t15-,19-/m1/s1. The Labute approximate surface area is 172 Å². The topological polar surface area (TPSA) is 133 Å². The fraction of sp³-hybridized carbons (Fsp3) is 0.263. The first-order valence-corrected chi connectivity index (χ1v) is 10.0. The highest BCUT2D eigenvalue weighted by molar-refractivity contribution is 7.89. The fourth-order valence-corrected chi connectivity index (χ4v) is 4.37. The van der Waals surface area contributed by atoms with Gasteiger partial charge in [0.2, 0.25) is 10.0 Å². The van der Waals surface area contributed by atoms with E-state index in [1.54, 1.807) is 6.07 Å². The van der Waals surface area contributed by atoms with Crippen LogP contribution in [0, 0.1) is 29.5 Å². The van der Waals surface area contributed by atoms with Gasteiger partial charge in [-0.25, -0.2) is 17.5 Å². The molecule has 0 saturated heterocycles. The summed E-state index contributed by atoms with van der Waals surface area (Å²) in [7, 11) is -2.72. The van der Waals surface area contributed by atoms with Crippen LogP contribution in [0.5, 0.6) is 5.75 Å². The van der Waals surface area contributed by atoms with Crippen LogP contribution < -0.4 is 14.8 Å². The lowest BCUT2D eigenvalue weighted by Crippen LogP contribution is -2.52. The zero-order valence-corrected chi connectivity index (χ0v) is 16.7. The van der Waals surface area contributed by atoms with Crippen molar-refractivity contribution in [2.45, 2.75) is 23.5 Å². The van der Waals surface area contributed by atoms with Crippen molar-refractivity contribution < 1.29 is 27.4 Å². The summed E-state index contributed by atoms with van der Waals surface area (Å²) < 4.78 is 48.1. The van der Waals surface area contributed by atoms with Crippen LogP contribution in [0.25, 0.3) is 0 Å². The highest BCUT2D eigenvalue weighted by Gasteiger charge is 2.40. The molecule has 30 heavy (non-hydrogen) atoms. The number of anilines is 1. The van der Waals surface area contributed by atoms with Crippen molar-refractivity contribution in [2.24, 2.45) is 7.05 Å². The summed E-state index contributed by atoms with van der Waals surface area (Å²) in [4.78, 5) is 12.5. The Balaban J connectivity index is 1.99. The molecule has 9 nitrogen and oxygen atoms in total. The SMILES string of the molecule is C#C[C@@](C)(O)[C@H]1COc2c(cn(C)c2C(=O)Nc2ccc(F)c(C#N)c2)S(=O)(=O)N1. The number of rotatable bonds is 3. The van der Waals surface area contributed by atoms with Gasteiger partial charge in [0, 0.05) is 18.9 Å². The third kappa shape index (κ3) is 3.74. The molecule has 0 unspecified atom stereocenters. The molecule has 0 spiro atoms. The van der Waals surface area contributed by atoms with Crippen LogP contribution >= 0.6 is 0 Å². The molecule has 2 heterocycles. The number of aryl methyl sites for hydroxylation is 1. The smallest absolute Gasteiger partial charge is 0.276 e. The number of aromatic nitrogens is 1. The average Bonchev–Trinajstić information content (AvgIpc) is 2.97. The third-order valence-electron chi connectivity index (χ3n) is 4.61. The molecule has 3 rings (SSSR count). The number of aliphatic hydroxyl groups is 1. The number of hydrogen-bond acceptors (Lipinski definition) is 6. The second-order valence-electron chi connectivity index (χ2n) is 6.82. The Hall–Kier alpha value is -3.38. The zero-order valence-electron chi connectivity index (χ0n) is 15.9. The number of carbonyl (C=O) groups excluding carboxylic acids is 1. The normalized spacial score (nSPS) is 19.2. The van der Waals surface area contributed by atoms with Gasteiger partial charge >= 0.3 is 0 Å². The van der Waals surface area contributed by atoms with Gasteiger partial charge in [-0.15, -0.1) is 6.42 Å². The second-order valence-corrected chi connectivity index (χ2v) is 8.50. The molecule has 0 bridgehead atoms. The van der Waals surface area contributed by atoms with E-state index in [2.05, 4.69) is 16.0 Å². The van der Waals surface area contributed by atoms with E-state index in [0.717, 1.165) is 12.1 Å². The van der Waals surface area contributed by atoms with Gasteiger partial charge in [-0.05, 0) is 25.1 Å². The molecular formula is C19H17FN4O5S. The molecule has 2 atom stereocenters. The molecule has 1 aromatic heterocycles. The number of sulfonamides is 1. The van der Waals surface area contributed by atoms with Crippen LogP contribution in [0.3, 0.4) is 0 Å². The van der Waals surface area contributed by atoms with Crippen molar-refractivity contribution >= 4 is 21.6 Å². The number of halogens is 1. The minimum atomic E-state index is -4.17. The van der Waals surface area contributed by atoms with Crippen molar-refractivity contribution in [3.8, 4) is 24.2 Å². The molecule has 3 N–H and O–H groups in total. The molecule has 156 valence electrons. The van der Waals surface area contributed by atoms with E-state index in [1.165, 1.54) is 30.8 Å². The predicted octanol–water partition coefficient (Wildman–Crippen LogP) is 0.712. The predicted molar refractivity (Wildman–Crippen MR) is 104 cm³/mol. The van der Waals surface area contributed by atoms with Crippen LogP contribution in [-0.4, -0.2) is 42.2 Å². The first kappa shape index (κ1) is 21.3. The molecule has 1 aromatic carbocycles. The highest BCUT2D eigenvalue weighted by atomic mass is 32.2. The number of nitrogens with one attached hydrogen (secondary N) is 2. The van der Waals surface area contributed by atoms with Gasteiger partial charge < -0.3 is 19.7 Å². The highest BCUT2D eigenvalue weighted by Crippen LogP contribution is 2.34. The van der Waals surface area contributed by atoms with E-state index in [1.807, 2.05) is 0 Å². The molecular weight excluding hydrogens is 415 g/mol. The lowest BCUT2D eigenvalue weighted by Gasteiger charge is -2.26. The molecule has 11 heteroatoms. The summed E-state index contributed by atoms with van der Waals surface area (Å²) in [6.07, 6.45) is 6.46. The van der Waals surface area contributed by atoms with Crippen LogP contribution in [-0.2, 0) is 17.1 Å². The second kappa shape index (κ2) is 7.46. The number of ether oxygens (including phenoxy) is 1. The molecule has 0 saturated carbocycles. The number of nitriles is 1. The van der Waals surface area contributed by atoms with Gasteiger partial charge in [-0.2, -0.15) is 5.26 Å². The summed E-state index contributed by atoms with van der Waals surface area (Å²) in [5, 5.41) is 21.6. The molecule has 1 aliphatic heterocycles. The summed E-state index contributed by atoms with van der Waals surface area (Å²) in [5.74, 6) is 0.393. The summed E-state index contributed by atoms with van der Waals surface area (Å²) in [6.45, 7) is 0.928.